The Kier molecular flexibility index (Phi) is 7.98. The number of aliphatic hydroxyl groups is 1. The molecule has 2 aromatic heterocycles. The molecule has 11 nitrogen and oxygen atoms in total. The molecule has 0 saturated carbocycles. The molecule has 1 N–H and O–H groups in total. The van der Waals surface area contributed by atoms with Crippen LogP contribution in [0.2, 0.25) is 5.02 Å². The predicted octanol–water partition coefficient (Wildman–Crippen LogP) is 2.30. The Labute approximate surface area is 237 Å². The second kappa shape index (κ2) is 11.5. The van der Waals surface area contributed by atoms with Gasteiger partial charge in [0, 0.05) is 36.8 Å². The summed E-state index contributed by atoms with van der Waals surface area (Å²) in [6, 6.07) is 13.0. The summed E-state index contributed by atoms with van der Waals surface area (Å²) >= 11 is 5.93. The molecule has 0 aliphatic carbocycles. The number of para-hydroxylation sites is 1. The largest absolute Gasteiger partial charge is 0.416 e. The summed E-state index contributed by atoms with van der Waals surface area (Å²) < 4.78 is 42.5. The Bertz CT molecular complexity index is 1590. The highest BCUT2D eigenvalue weighted by atomic mass is 35.5. The van der Waals surface area contributed by atoms with Gasteiger partial charge < -0.3 is 14.9 Å². The molecular weight excluding hydrogens is 565 g/mol. The highest BCUT2D eigenvalue weighted by Gasteiger charge is 2.39. The van der Waals surface area contributed by atoms with Crippen LogP contribution < -0.4 is 5.69 Å². The molecule has 15 heteroatoms. The van der Waals surface area contributed by atoms with E-state index in [2.05, 4.69) is 20.1 Å². The van der Waals surface area contributed by atoms with Crippen molar-refractivity contribution < 1.29 is 23.1 Å². The first-order chi connectivity index (χ1) is 19.5. The number of piperazine rings is 1. The molecule has 1 atom stereocenters. The molecule has 0 bridgehead atoms. The molecule has 1 unspecified atom stereocenters. The monoisotopic (exact) mass is 590 g/mol. The number of rotatable bonds is 7. The Morgan fingerprint density at radius 2 is 1.73 bits per heavy atom. The molecule has 3 heterocycles. The first kappa shape index (κ1) is 28.5. The van der Waals surface area contributed by atoms with Gasteiger partial charge in [-0.15, -0.1) is 10.2 Å². The van der Waals surface area contributed by atoms with E-state index in [9.17, 15) is 27.9 Å². The molecule has 0 radical (unpaired) electrons. The summed E-state index contributed by atoms with van der Waals surface area (Å²) in [4.78, 5) is 34.6. The maximum absolute atomic E-state index is 13.3. The Balaban J connectivity index is 1.44. The second-order valence-corrected chi connectivity index (χ2v) is 10.1. The van der Waals surface area contributed by atoms with E-state index in [1.54, 1.807) is 29.2 Å². The third kappa shape index (κ3) is 6.19. The van der Waals surface area contributed by atoms with Crippen molar-refractivity contribution in [2.45, 2.75) is 25.4 Å². The van der Waals surface area contributed by atoms with Crippen molar-refractivity contribution in [3.63, 3.8) is 0 Å². The minimum Gasteiger partial charge on any atom is -0.382 e. The van der Waals surface area contributed by atoms with Gasteiger partial charge in [0.2, 0.25) is 0 Å². The minimum absolute atomic E-state index is 0.0856. The first-order valence-corrected chi connectivity index (χ1v) is 13.0. The lowest BCUT2D eigenvalue weighted by Crippen LogP contribution is -2.47. The number of aromatic nitrogens is 6. The molecule has 41 heavy (non-hydrogen) atoms. The molecule has 1 amide bonds. The van der Waals surface area contributed by atoms with Crippen LogP contribution in [0, 0.1) is 0 Å². The van der Waals surface area contributed by atoms with Gasteiger partial charge in [-0.3, -0.25) is 9.36 Å². The first-order valence-electron chi connectivity index (χ1n) is 12.7. The fourth-order valence-corrected chi connectivity index (χ4v) is 4.58. The van der Waals surface area contributed by atoms with Crippen molar-refractivity contribution in [3.05, 3.63) is 81.8 Å². The van der Waals surface area contributed by atoms with Gasteiger partial charge in [-0.1, -0.05) is 23.7 Å². The lowest BCUT2D eigenvalue weighted by molar-refractivity contribution is -0.207. The normalized spacial score (nSPS) is 15.3. The Morgan fingerprint density at radius 1 is 1.05 bits per heavy atom. The van der Waals surface area contributed by atoms with E-state index < -0.39 is 24.5 Å². The molecule has 1 fully saturated rings. The molecule has 1 saturated heterocycles. The van der Waals surface area contributed by atoms with Gasteiger partial charge in [-0.05, 0) is 43.4 Å². The highest BCUT2D eigenvalue weighted by molar-refractivity contribution is 6.30. The van der Waals surface area contributed by atoms with Gasteiger partial charge in [-0.2, -0.15) is 13.2 Å². The van der Waals surface area contributed by atoms with Crippen LogP contribution in [0.5, 0.6) is 0 Å². The molecule has 5 rings (SSSR count). The van der Waals surface area contributed by atoms with Crippen LogP contribution in [0.15, 0.2) is 59.7 Å². The fourth-order valence-electron chi connectivity index (χ4n) is 4.45. The zero-order chi connectivity index (χ0) is 29.3. The number of likely N-dealkylation sites (N-methyl/N-ethyl adjacent to an activating group) is 1. The lowest BCUT2D eigenvalue weighted by Gasteiger charge is -2.32. The summed E-state index contributed by atoms with van der Waals surface area (Å²) in [5, 5.41) is 18.7. The van der Waals surface area contributed by atoms with E-state index in [0.717, 1.165) is 22.3 Å². The van der Waals surface area contributed by atoms with E-state index in [1.165, 1.54) is 35.3 Å². The van der Waals surface area contributed by atoms with Crippen molar-refractivity contribution >= 4 is 17.5 Å². The van der Waals surface area contributed by atoms with Gasteiger partial charge in [0.15, 0.2) is 17.8 Å². The maximum Gasteiger partial charge on any atom is 0.416 e. The zero-order valence-electron chi connectivity index (χ0n) is 21.9. The zero-order valence-corrected chi connectivity index (χ0v) is 22.6. The molecule has 0 spiro atoms. The van der Waals surface area contributed by atoms with Gasteiger partial charge in [0.25, 0.3) is 5.91 Å². The smallest absolute Gasteiger partial charge is 0.382 e. The molecule has 1 aliphatic rings. The number of hydrogen-bond donors (Lipinski definition) is 1. The summed E-state index contributed by atoms with van der Waals surface area (Å²) in [5.74, 6) is -0.0910. The molecule has 1 aliphatic heterocycles. The van der Waals surface area contributed by atoms with Gasteiger partial charge in [0.1, 0.15) is 12.9 Å². The maximum atomic E-state index is 13.3. The van der Waals surface area contributed by atoms with Crippen molar-refractivity contribution in [1.29, 1.82) is 0 Å². The van der Waals surface area contributed by atoms with E-state index in [1.807, 2.05) is 7.05 Å². The standard InChI is InChI=1S/C26H26ClF3N8O3/c1-34-10-12-35(13-11-34)24(40)19-4-2-3-5-20(19)38-16-31-22(32-38)15-37-25(41)36(14-21(39)26(28,29)30)23(33-37)17-6-8-18(27)9-7-17/h2-9,16,21,39H,10-15H2,1H3. The predicted molar refractivity (Wildman–Crippen MR) is 143 cm³/mol. The minimum atomic E-state index is -4.94. The summed E-state index contributed by atoms with van der Waals surface area (Å²) in [5.41, 5.74) is 0.360. The van der Waals surface area contributed by atoms with E-state index in [4.69, 9.17) is 11.6 Å². The van der Waals surface area contributed by atoms with Crippen molar-refractivity contribution in [2.75, 3.05) is 33.2 Å². The number of nitrogens with zero attached hydrogens (tertiary/aromatic N) is 8. The lowest BCUT2D eigenvalue weighted by atomic mass is 10.1. The van der Waals surface area contributed by atoms with E-state index >= 15 is 0 Å². The SMILES string of the molecule is CN1CCN(C(=O)c2ccccc2-n2cnc(Cn3nc(-c4ccc(Cl)cc4)n(CC(O)C(F)(F)F)c3=O)n2)CC1. The van der Waals surface area contributed by atoms with Crippen molar-refractivity contribution in [1.82, 2.24) is 38.9 Å². The third-order valence-corrected chi connectivity index (χ3v) is 7.01. The number of amides is 1. The van der Waals surface area contributed by atoms with Crippen molar-refractivity contribution in [2.24, 2.45) is 0 Å². The summed E-state index contributed by atoms with van der Waals surface area (Å²) in [6.45, 7) is 1.40. The number of alkyl halides is 3. The average molecular weight is 591 g/mol. The topological polar surface area (TPSA) is 114 Å². The van der Waals surface area contributed by atoms with Gasteiger partial charge in [0.05, 0.1) is 17.8 Å². The average Bonchev–Trinajstić information content (AvgIpc) is 3.53. The summed E-state index contributed by atoms with van der Waals surface area (Å²) in [6.07, 6.45) is -6.33. The Hall–Kier alpha value is -4.01. The van der Waals surface area contributed by atoms with Crippen LogP contribution in [0.4, 0.5) is 13.2 Å². The van der Waals surface area contributed by atoms with Crippen LogP contribution in [-0.4, -0.2) is 95.4 Å². The van der Waals surface area contributed by atoms with Crippen LogP contribution >= 0.6 is 11.6 Å². The number of benzene rings is 2. The van der Waals surface area contributed by atoms with Crippen LogP contribution in [0.25, 0.3) is 17.1 Å². The number of halogens is 4. The third-order valence-electron chi connectivity index (χ3n) is 6.76. The highest BCUT2D eigenvalue weighted by Crippen LogP contribution is 2.24. The number of carbonyl (C=O) groups excluding carboxylic acids is 1. The molecule has 4 aromatic rings. The van der Waals surface area contributed by atoms with Gasteiger partial charge in [-0.25, -0.2) is 19.1 Å². The number of carbonyl (C=O) groups is 1. The quantitative estimate of drug-likeness (QED) is 0.351. The molecule has 2 aromatic carbocycles. The number of aliphatic hydroxyl groups excluding tert-OH is 1. The van der Waals surface area contributed by atoms with Gasteiger partial charge >= 0.3 is 11.9 Å². The number of hydrogen-bond acceptors (Lipinski definition) is 7. The van der Waals surface area contributed by atoms with Crippen LogP contribution in [-0.2, 0) is 13.1 Å². The van der Waals surface area contributed by atoms with Crippen LogP contribution in [0.3, 0.4) is 0 Å². The van der Waals surface area contributed by atoms with E-state index in [0.29, 0.717) is 34.9 Å². The Morgan fingerprint density at radius 3 is 2.41 bits per heavy atom. The molecule has 216 valence electrons. The summed E-state index contributed by atoms with van der Waals surface area (Å²) in [7, 11) is 2.00. The molecular formula is C26H26ClF3N8O3. The van der Waals surface area contributed by atoms with Crippen LogP contribution in [0.1, 0.15) is 16.2 Å². The van der Waals surface area contributed by atoms with Crippen molar-refractivity contribution in [3.8, 4) is 17.1 Å². The fraction of sp³-hybridized carbons (Fsp3) is 0.346. The van der Waals surface area contributed by atoms with E-state index in [-0.39, 0.29) is 24.1 Å². The second-order valence-electron chi connectivity index (χ2n) is 9.66.